The van der Waals surface area contributed by atoms with Crippen molar-refractivity contribution in [1.82, 2.24) is 14.8 Å². The summed E-state index contributed by atoms with van der Waals surface area (Å²) in [6.07, 6.45) is 3.30. The molecule has 6 heteroatoms. The SMILES string of the molecule is CC(C)(c1ccccc1)C(Sc1ccc(Cl)cc1Cl)n1cncn1. The zero-order chi connectivity index (χ0) is 17.2. The van der Waals surface area contributed by atoms with Gasteiger partial charge in [-0.1, -0.05) is 79.1 Å². The molecule has 124 valence electrons. The van der Waals surface area contributed by atoms with Crippen LogP contribution in [-0.2, 0) is 5.41 Å². The van der Waals surface area contributed by atoms with Crippen LogP contribution in [0.15, 0.2) is 66.1 Å². The lowest BCUT2D eigenvalue weighted by Gasteiger charge is -2.34. The van der Waals surface area contributed by atoms with E-state index in [4.69, 9.17) is 23.2 Å². The molecule has 1 atom stereocenters. The molecule has 24 heavy (non-hydrogen) atoms. The fourth-order valence-electron chi connectivity index (χ4n) is 2.57. The summed E-state index contributed by atoms with van der Waals surface area (Å²) in [5.41, 5.74) is 1.03. The number of aromatic nitrogens is 3. The predicted octanol–water partition coefficient (Wildman–Crippen LogP) is 5.85. The first kappa shape index (κ1) is 17.3. The lowest BCUT2D eigenvalue weighted by molar-refractivity contribution is 0.394. The molecule has 0 spiro atoms. The van der Waals surface area contributed by atoms with Crippen molar-refractivity contribution in [3.8, 4) is 0 Å². The molecule has 1 aromatic heterocycles. The summed E-state index contributed by atoms with van der Waals surface area (Å²) in [4.78, 5) is 5.08. The molecule has 0 aliphatic rings. The molecule has 3 aromatic rings. The maximum Gasteiger partial charge on any atom is 0.137 e. The zero-order valence-corrected chi connectivity index (χ0v) is 15.7. The summed E-state index contributed by atoms with van der Waals surface area (Å²) < 4.78 is 1.88. The molecule has 1 unspecified atom stereocenters. The Hall–Kier alpha value is -1.49. The van der Waals surface area contributed by atoms with E-state index in [-0.39, 0.29) is 10.8 Å². The maximum atomic E-state index is 6.38. The lowest BCUT2D eigenvalue weighted by atomic mass is 9.84. The van der Waals surface area contributed by atoms with E-state index >= 15 is 0 Å². The fraction of sp³-hybridized carbons (Fsp3) is 0.222. The highest BCUT2D eigenvalue weighted by molar-refractivity contribution is 7.99. The predicted molar refractivity (Wildman–Crippen MR) is 101 cm³/mol. The van der Waals surface area contributed by atoms with E-state index in [2.05, 4.69) is 48.2 Å². The van der Waals surface area contributed by atoms with E-state index in [9.17, 15) is 0 Å². The summed E-state index contributed by atoms with van der Waals surface area (Å²) in [5.74, 6) is 0. The highest BCUT2D eigenvalue weighted by atomic mass is 35.5. The van der Waals surface area contributed by atoms with Crippen LogP contribution >= 0.6 is 35.0 Å². The second-order valence-electron chi connectivity index (χ2n) is 6.01. The molecule has 0 N–H and O–H groups in total. The van der Waals surface area contributed by atoms with Crippen molar-refractivity contribution in [2.45, 2.75) is 29.5 Å². The van der Waals surface area contributed by atoms with E-state index < -0.39 is 0 Å². The zero-order valence-electron chi connectivity index (χ0n) is 13.4. The Morgan fingerprint density at radius 3 is 2.46 bits per heavy atom. The smallest absolute Gasteiger partial charge is 0.137 e. The van der Waals surface area contributed by atoms with Gasteiger partial charge in [0.15, 0.2) is 0 Å². The topological polar surface area (TPSA) is 30.7 Å². The van der Waals surface area contributed by atoms with Gasteiger partial charge in [-0.2, -0.15) is 5.10 Å². The van der Waals surface area contributed by atoms with Crippen LogP contribution in [0.5, 0.6) is 0 Å². The first-order valence-electron chi connectivity index (χ1n) is 7.50. The summed E-state index contributed by atoms with van der Waals surface area (Å²) in [5, 5.41) is 5.62. The van der Waals surface area contributed by atoms with Gasteiger partial charge in [0.2, 0.25) is 0 Å². The van der Waals surface area contributed by atoms with Gasteiger partial charge < -0.3 is 0 Å². The van der Waals surface area contributed by atoms with Crippen molar-refractivity contribution in [2.75, 3.05) is 0 Å². The standard InChI is InChI=1S/C18H17Cl2N3S/c1-18(2,13-6-4-3-5-7-13)17(23-12-21-11-22-23)24-16-9-8-14(19)10-15(16)20/h3-12,17H,1-2H3. The van der Waals surface area contributed by atoms with Crippen LogP contribution in [-0.4, -0.2) is 14.8 Å². The van der Waals surface area contributed by atoms with Crippen LogP contribution < -0.4 is 0 Å². The van der Waals surface area contributed by atoms with E-state index in [0.29, 0.717) is 10.0 Å². The van der Waals surface area contributed by atoms with Gasteiger partial charge in [-0.15, -0.1) is 0 Å². The van der Waals surface area contributed by atoms with Gasteiger partial charge in [0.1, 0.15) is 18.0 Å². The van der Waals surface area contributed by atoms with Crippen molar-refractivity contribution < 1.29 is 0 Å². The molecular formula is C18H17Cl2N3S. The minimum atomic E-state index is -0.192. The highest BCUT2D eigenvalue weighted by Gasteiger charge is 2.34. The Morgan fingerprint density at radius 2 is 1.83 bits per heavy atom. The molecule has 0 saturated heterocycles. The Balaban J connectivity index is 2.01. The van der Waals surface area contributed by atoms with Crippen LogP contribution in [0.4, 0.5) is 0 Å². The number of benzene rings is 2. The summed E-state index contributed by atoms with van der Waals surface area (Å²) in [6, 6.07) is 15.9. The van der Waals surface area contributed by atoms with Crippen LogP contribution in [0.25, 0.3) is 0 Å². The first-order chi connectivity index (χ1) is 11.5. The summed E-state index contributed by atoms with van der Waals surface area (Å²) in [6.45, 7) is 4.40. The number of hydrogen-bond donors (Lipinski definition) is 0. The van der Waals surface area contributed by atoms with Crippen LogP contribution in [0.2, 0.25) is 10.0 Å². The molecular weight excluding hydrogens is 361 g/mol. The van der Waals surface area contributed by atoms with E-state index in [1.807, 2.05) is 22.9 Å². The second kappa shape index (κ2) is 7.18. The van der Waals surface area contributed by atoms with Gasteiger partial charge >= 0.3 is 0 Å². The lowest BCUT2D eigenvalue weighted by Crippen LogP contribution is -2.29. The molecule has 0 radical (unpaired) electrons. The molecule has 1 heterocycles. The highest BCUT2D eigenvalue weighted by Crippen LogP contribution is 2.47. The van der Waals surface area contributed by atoms with E-state index in [1.54, 1.807) is 30.5 Å². The van der Waals surface area contributed by atoms with Gasteiger partial charge in [-0.3, -0.25) is 0 Å². The van der Waals surface area contributed by atoms with E-state index in [0.717, 1.165) is 4.90 Å². The minimum absolute atomic E-state index is 0.0129. The van der Waals surface area contributed by atoms with Crippen molar-refractivity contribution in [3.63, 3.8) is 0 Å². The van der Waals surface area contributed by atoms with Crippen molar-refractivity contribution in [1.29, 1.82) is 0 Å². The quantitative estimate of drug-likeness (QED) is 0.522. The van der Waals surface area contributed by atoms with E-state index in [1.165, 1.54) is 5.56 Å². The summed E-state index contributed by atoms with van der Waals surface area (Å²) in [7, 11) is 0. The van der Waals surface area contributed by atoms with Gasteiger partial charge in [0.25, 0.3) is 0 Å². The average molecular weight is 378 g/mol. The average Bonchev–Trinajstić information content (AvgIpc) is 3.09. The number of thioether (sulfide) groups is 1. The molecule has 0 bridgehead atoms. The van der Waals surface area contributed by atoms with Gasteiger partial charge in [-0.05, 0) is 23.8 Å². The molecule has 3 rings (SSSR count). The Morgan fingerprint density at radius 1 is 1.08 bits per heavy atom. The third kappa shape index (κ3) is 3.61. The first-order valence-corrected chi connectivity index (χ1v) is 9.13. The normalized spacial score (nSPS) is 13.0. The van der Waals surface area contributed by atoms with Crippen LogP contribution in [0.3, 0.4) is 0 Å². The molecule has 0 saturated carbocycles. The van der Waals surface area contributed by atoms with Crippen LogP contribution in [0.1, 0.15) is 24.8 Å². The largest absolute Gasteiger partial charge is 0.239 e. The molecule has 3 nitrogen and oxygen atoms in total. The van der Waals surface area contributed by atoms with Gasteiger partial charge in [-0.25, -0.2) is 9.67 Å². The monoisotopic (exact) mass is 377 g/mol. The Labute approximate surface area is 156 Å². The molecule has 0 aliphatic heterocycles. The van der Waals surface area contributed by atoms with Gasteiger partial charge in [0, 0.05) is 15.3 Å². The molecule has 0 aliphatic carbocycles. The third-order valence-corrected chi connectivity index (χ3v) is 6.24. The molecule has 0 fully saturated rings. The maximum absolute atomic E-state index is 6.38. The molecule has 0 amide bonds. The van der Waals surface area contributed by atoms with Crippen LogP contribution in [0, 0.1) is 0 Å². The van der Waals surface area contributed by atoms with Crippen molar-refractivity contribution in [3.05, 3.63) is 76.8 Å². The number of halogens is 2. The summed E-state index contributed by atoms with van der Waals surface area (Å²) >= 11 is 14.1. The van der Waals surface area contributed by atoms with Crippen molar-refractivity contribution >= 4 is 35.0 Å². The number of rotatable bonds is 5. The fourth-order valence-corrected chi connectivity index (χ4v) is 4.32. The van der Waals surface area contributed by atoms with Crippen molar-refractivity contribution in [2.24, 2.45) is 0 Å². The number of hydrogen-bond acceptors (Lipinski definition) is 3. The minimum Gasteiger partial charge on any atom is -0.239 e. The Bertz CT molecular complexity index is 804. The third-order valence-electron chi connectivity index (χ3n) is 3.94. The second-order valence-corrected chi connectivity index (χ2v) is 7.97. The molecule has 2 aromatic carbocycles. The van der Waals surface area contributed by atoms with Gasteiger partial charge in [0.05, 0.1) is 5.02 Å². The Kier molecular flexibility index (Phi) is 5.18. The number of nitrogens with zero attached hydrogens (tertiary/aromatic N) is 3.